The molecule has 0 aromatic heterocycles. The highest BCUT2D eigenvalue weighted by Crippen LogP contribution is 2.17. The molecule has 0 aliphatic carbocycles. The molecule has 0 radical (unpaired) electrons. The Labute approximate surface area is 295 Å². The smallest absolute Gasteiger partial charge is 0.233 e. The molecule has 0 atom stereocenters. The highest BCUT2D eigenvalue weighted by molar-refractivity contribution is 6.49. The van der Waals surface area contributed by atoms with Crippen molar-refractivity contribution < 1.29 is 28.5 Å². The van der Waals surface area contributed by atoms with Gasteiger partial charge in [0.05, 0.1) is 26.4 Å². The van der Waals surface area contributed by atoms with Gasteiger partial charge in [0.1, 0.15) is 0 Å². The molecular formula is C42H44N2O6. The second-order valence-electron chi connectivity index (χ2n) is 11.4. The number of ketones is 2. The van der Waals surface area contributed by atoms with Crippen LogP contribution in [0.15, 0.2) is 97.1 Å². The van der Waals surface area contributed by atoms with E-state index < -0.39 is 11.6 Å². The molecule has 258 valence electrons. The van der Waals surface area contributed by atoms with Crippen molar-refractivity contribution in [2.75, 3.05) is 90.8 Å². The van der Waals surface area contributed by atoms with Crippen LogP contribution in [0.3, 0.4) is 0 Å². The molecule has 0 N–H and O–H groups in total. The molecule has 4 rings (SSSR count). The van der Waals surface area contributed by atoms with E-state index in [0.29, 0.717) is 37.6 Å². The summed E-state index contributed by atoms with van der Waals surface area (Å²) in [4.78, 5) is 30.4. The van der Waals surface area contributed by atoms with Gasteiger partial charge in [0, 0.05) is 99.4 Å². The van der Waals surface area contributed by atoms with E-state index in [-0.39, 0.29) is 0 Å². The number of nitrogens with zero attached hydrogens (tertiary/aromatic N) is 2. The molecule has 0 spiro atoms. The van der Waals surface area contributed by atoms with Crippen molar-refractivity contribution in [3.8, 4) is 23.7 Å². The number of hydrogen-bond acceptors (Lipinski definition) is 8. The molecule has 0 amide bonds. The number of Topliss-reactive ketones (excluding diaryl/α,β-unsaturated/α-hetero) is 2. The standard InChI is InChI=1S/C42H44N2O6/c1-47-29-25-43(26-30-48-2)39-21-13-35(14-22-39)7-5-33-9-17-37(18-10-33)41(45)42(46)38-19-11-34(12-20-38)6-8-36-15-23-40(24-16-36)44(27-31-49-3)28-32-50-4/h9-24H,25-32H2,1-4H3. The van der Waals surface area contributed by atoms with Crippen LogP contribution in [-0.2, 0) is 18.9 Å². The van der Waals surface area contributed by atoms with E-state index in [0.717, 1.165) is 59.8 Å². The van der Waals surface area contributed by atoms with E-state index in [1.54, 1.807) is 77.0 Å². The highest BCUT2D eigenvalue weighted by atomic mass is 16.5. The van der Waals surface area contributed by atoms with Crippen molar-refractivity contribution in [1.82, 2.24) is 0 Å². The third-order valence-electron chi connectivity index (χ3n) is 7.93. The zero-order chi connectivity index (χ0) is 35.6. The van der Waals surface area contributed by atoms with Crippen LogP contribution < -0.4 is 9.80 Å². The van der Waals surface area contributed by atoms with Crippen LogP contribution in [0.5, 0.6) is 0 Å². The summed E-state index contributed by atoms with van der Waals surface area (Å²) in [5.74, 6) is 11.5. The molecule has 50 heavy (non-hydrogen) atoms. The Kier molecular flexibility index (Phi) is 15.3. The maximum atomic E-state index is 13.0. The number of benzene rings is 4. The van der Waals surface area contributed by atoms with Crippen LogP contribution in [0.25, 0.3) is 0 Å². The maximum Gasteiger partial charge on any atom is 0.233 e. The van der Waals surface area contributed by atoms with Gasteiger partial charge in [0.25, 0.3) is 0 Å². The lowest BCUT2D eigenvalue weighted by Gasteiger charge is -2.24. The minimum atomic E-state index is -0.574. The van der Waals surface area contributed by atoms with E-state index in [1.165, 1.54) is 0 Å². The maximum absolute atomic E-state index is 13.0. The molecule has 8 heteroatoms. The SMILES string of the molecule is COCCN(CCOC)c1ccc(C#Cc2ccc(C(=O)C(=O)c3ccc(C#Cc4ccc(N(CCOC)CCOC)cc4)cc3)cc2)cc1. The van der Waals surface area contributed by atoms with Gasteiger partial charge in [-0.05, 0) is 97.1 Å². The Morgan fingerprint density at radius 2 is 0.660 bits per heavy atom. The van der Waals surface area contributed by atoms with Gasteiger partial charge in [0.2, 0.25) is 11.6 Å². The summed E-state index contributed by atoms with van der Waals surface area (Å²) in [6.45, 7) is 5.56. The Hall–Kier alpha value is -5.22. The summed E-state index contributed by atoms with van der Waals surface area (Å²) >= 11 is 0. The molecule has 0 aliphatic rings. The number of methoxy groups -OCH3 is 4. The van der Waals surface area contributed by atoms with Crippen molar-refractivity contribution in [1.29, 1.82) is 0 Å². The predicted molar refractivity (Wildman–Crippen MR) is 198 cm³/mol. The van der Waals surface area contributed by atoms with E-state index in [9.17, 15) is 9.59 Å². The first-order valence-corrected chi connectivity index (χ1v) is 16.4. The lowest BCUT2D eigenvalue weighted by atomic mass is 9.99. The summed E-state index contributed by atoms with van der Waals surface area (Å²) in [7, 11) is 6.76. The van der Waals surface area contributed by atoms with Gasteiger partial charge in [-0.3, -0.25) is 9.59 Å². The number of rotatable bonds is 17. The molecule has 0 saturated carbocycles. The van der Waals surface area contributed by atoms with Crippen LogP contribution in [-0.4, -0.2) is 92.6 Å². The molecule has 8 nitrogen and oxygen atoms in total. The first-order chi connectivity index (χ1) is 24.4. The fraction of sp³-hybridized carbons (Fsp3) is 0.286. The van der Waals surface area contributed by atoms with Crippen LogP contribution in [0.2, 0.25) is 0 Å². The largest absolute Gasteiger partial charge is 0.383 e. The molecule has 0 fully saturated rings. The Morgan fingerprint density at radius 3 is 0.900 bits per heavy atom. The molecule has 4 aromatic rings. The molecule has 0 unspecified atom stereocenters. The third kappa shape index (κ3) is 11.4. The van der Waals surface area contributed by atoms with E-state index >= 15 is 0 Å². The molecule has 0 bridgehead atoms. The number of hydrogen-bond donors (Lipinski definition) is 0. The molecule has 4 aromatic carbocycles. The quantitative estimate of drug-likeness (QED) is 0.0798. The van der Waals surface area contributed by atoms with Crippen molar-refractivity contribution in [3.05, 3.63) is 130 Å². The lowest BCUT2D eigenvalue weighted by molar-refractivity contribution is 0.0817. The topological polar surface area (TPSA) is 77.5 Å². The monoisotopic (exact) mass is 672 g/mol. The molecule has 0 aliphatic heterocycles. The van der Waals surface area contributed by atoms with Gasteiger partial charge in [0.15, 0.2) is 0 Å². The van der Waals surface area contributed by atoms with E-state index in [1.807, 2.05) is 48.5 Å². The van der Waals surface area contributed by atoms with Gasteiger partial charge in [-0.15, -0.1) is 0 Å². The average molecular weight is 673 g/mol. The first kappa shape index (κ1) is 37.6. The summed E-state index contributed by atoms with van der Waals surface area (Å²) in [5.41, 5.74) is 5.99. The van der Waals surface area contributed by atoms with E-state index in [2.05, 4.69) is 33.5 Å². The highest BCUT2D eigenvalue weighted by Gasteiger charge is 2.18. The van der Waals surface area contributed by atoms with Gasteiger partial charge in [-0.2, -0.15) is 0 Å². The lowest BCUT2D eigenvalue weighted by Crippen LogP contribution is -2.30. The van der Waals surface area contributed by atoms with Crippen LogP contribution >= 0.6 is 0 Å². The zero-order valence-corrected chi connectivity index (χ0v) is 29.2. The Balaban J connectivity index is 1.34. The van der Waals surface area contributed by atoms with Crippen molar-refractivity contribution in [2.45, 2.75) is 0 Å². The average Bonchev–Trinajstić information content (AvgIpc) is 3.17. The van der Waals surface area contributed by atoms with Crippen LogP contribution in [0.1, 0.15) is 43.0 Å². The second-order valence-corrected chi connectivity index (χ2v) is 11.4. The first-order valence-electron chi connectivity index (χ1n) is 16.4. The number of carbonyl (C=O) groups excluding carboxylic acids is 2. The fourth-order valence-electron chi connectivity index (χ4n) is 5.02. The summed E-state index contributed by atoms with van der Waals surface area (Å²) < 4.78 is 20.9. The normalized spacial score (nSPS) is 10.4. The zero-order valence-electron chi connectivity index (χ0n) is 29.2. The minimum absolute atomic E-state index is 0.312. The van der Waals surface area contributed by atoms with Crippen molar-refractivity contribution in [3.63, 3.8) is 0 Å². The minimum Gasteiger partial charge on any atom is -0.383 e. The summed E-state index contributed by atoms with van der Waals surface area (Å²) in [5, 5.41) is 0. The Morgan fingerprint density at radius 1 is 0.420 bits per heavy atom. The summed E-state index contributed by atoms with van der Waals surface area (Å²) in [6.07, 6.45) is 0. The number of ether oxygens (including phenoxy) is 4. The summed E-state index contributed by atoms with van der Waals surface area (Å²) in [6, 6.07) is 29.6. The number of anilines is 2. The van der Waals surface area contributed by atoms with Crippen molar-refractivity contribution in [2.24, 2.45) is 0 Å². The van der Waals surface area contributed by atoms with Gasteiger partial charge in [-0.1, -0.05) is 23.7 Å². The Bertz CT molecular complexity index is 1630. The predicted octanol–water partition coefficient (Wildman–Crippen LogP) is 5.75. The molecular weight excluding hydrogens is 628 g/mol. The molecule has 0 heterocycles. The molecule has 0 saturated heterocycles. The van der Waals surface area contributed by atoms with Crippen LogP contribution in [0.4, 0.5) is 11.4 Å². The van der Waals surface area contributed by atoms with Crippen LogP contribution in [0, 0.1) is 23.7 Å². The third-order valence-corrected chi connectivity index (χ3v) is 7.93. The van der Waals surface area contributed by atoms with E-state index in [4.69, 9.17) is 18.9 Å². The number of carbonyl (C=O) groups is 2. The van der Waals surface area contributed by atoms with Gasteiger partial charge in [-0.25, -0.2) is 0 Å². The van der Waals surface area contributed by atoms with Crippen molar-refractivity contribution >= 4 is 22.9 Å². The fourth-order valence-corrected chi connectivity index (χ4v) is 5.02. The second kappa shape index (κ2) is 20.3. The van der Waals surface area contributed by atoms with Gasteiger partial charge < -0.3 is 28.7 Å². The van der Waals surface area contributed by atoms with Gasteiger partial charge >= 0.3 is 0 Å².